The predicted molar refractivity (Wildman–Crippen MR) is 77.9 cm³/mol. The van der Waals surface area contributed by atoms with E-state index >= 15 is 0 Å². The van der Waals surface area contributed by atoms with E-state index in [0.29, 0.717) is 11.6 Å². The summed E-state index contributed by atoms with van der Waals surface area (Å²) >= 11 is 0. The van der Waals surface area contributed by atoms with Gasteiger partial charge >= 0.3 is 0 Å². The summed E-state index contributed by atoms with van der Waals surface area (Å²) in [7, 11) is 0. The maximum absolute atomic E-state index is 11.7. The van der Waals surface area contributed by atoms with E-state index < -0.39 is 0 Å². The summed E-state index contributed by atoms with van der Waals surface area (Å²) in [5, 5.41) is 0. The number of rotatable bonds is 2. The summed E-state index contributed by atoms with van der Waals surface area (Å²) in [6, 6.07) is 3.76. The molecule has 0 saturated carbocycles. The zero-order valence-electron chi connectivity index (χ0n) is 11.0. The van der Waals surface area contributed by atoms with Crippen molar-refractivity contribution in [3.8, 4) is 0 Å². The van der Waals surface area contributed by atoms with Crippen molar-refractivity contribution >= 4 is 17.3 Å². The summed E-state index contributed by atoms with van der Waals surface area (Å²) in [5.74, 6) is 1.01. The molecule has 3 rings (SSSR count). The van der Waals surface area contributed by atoms with Crippen molar-refractivity contribution in [1.29, 1.82) is 0 Å². The van der Waals surface area contributed by atoms with Crippen LogP contribution >= 0.6 is 0 Å². The molecule has 0 aromatic carbocycles. The number of nitrogens with one attached hydrogen (secondary N) is 1. The highest BCUT2D eigenvalue weighted by Crippen LogP contribution is 2.17. The molecule has 7 nitrogen and oxygen atoms in total. The van der Waals surface area contributed by atoms with Crippen molar-refractivity contribution in [1.82, 2.24) is 15.0 Å². The number of nitrogen functional groups attached to an aromatic ring is 1. The molecule has 1 fully saturated rings. The molecule has 3 heterocycles. The quantitative estimate of drug-likeness (QED) is 0.804. The number of aromatic amines is 1. The van der Waals surface area contributed by atoms with Crippen LogP contribution in [0.2, 0.25) is 0 Å². The number of nitrogens with zero attached hydrogens (tertiary/aromatic N) is 4. The van der Waals surface area contributed by atoms with Crippen LogP contribution in [0, 0.1) is 0 Å². The monoisotopic (exact) mass is 272 g/mol. The third-order valence-corrected chi connectivity index (χ3v) is 3.40. The fourth-order valence-electron chi connectivity index (χ4n) is 2.33. The van der Waals surface area contributed by atoms with Gasteiger partial charge in [-0.05, 0) is 12.1 Å². The largest absolute Gasteiger partial charge is 0.384 e. The van der Waals surface area contributed by atoms with Crippen molar-refractivity contribution in [3.63, 3.8) is 0 Å². The smallest absolute Gasteiger partial charge is 0.290 e. The zero-order valence-corrected chi connectivity index (χ0v) is 11.0. The molecule has 0 bridgehead atoms. The van der Waals surface area contributed by atoms with Crippen LogP contribution in [-0.4, -0.2) is 41.1 Å². The number of piperazine rings is 1. The molecule has 1 aliphatic heterocycles. The van der Waals surface area contributed by atoms with Gasteiger partial charge in [0.15, 0.2) is 5.82 Å². The van der Waals surface area contributed by atoms with E-state index in [1.165, 1.54) is 0 Å². The lowest BCUT2D eigenvalue weighted by molar-refractivity contribution is 0.643. The third-order valence-electron chi connectivity index (χ3n) is 3.40. The first-order chi connectivity index (χ1) is 9.74. The van der Waals surface area contributed by atoms with E-state index in [1.54, 1.807) is 24.7 Å². The third kappa shape index (κ3) is 2.42. The minimum absolute atomic E-state index is 0.143. The van der Waals surface area contributed by atoms with Gasteiger partial charge in [0, 0.05) is 38.6 Å². The lowest BCUT2D eigenvalue weighted by atomic mass is 10.2. The molecule has 7 heteroatoms. The number of H-pyrrole nitrogens is 1. The summed E-state index contributed by atoms with van der Waals surface area (Å²) in [5.41, 5.74) is 6.49. The summed E-state index contributed by atoms with van der Waals surface area (Å²) < 4.78 is 0. The summed E-state index contributed by atoms with van der Waals surface area (Å²) in [6.07, 6.45) is 4.92. The Kier molecular flexibility index (Phi) is 3.24. The van der Waals surface area contributed by atoms with Crippen LogP contribution in [0.25, 0.3) is 0 Å². The van der Waals surface area contributed by atoms with Gasteiger partial charge in [-0.25, -0.2) is 9.97 Å². The van der Waals surface area contributed by atoms with Crippen LogP contribution in [0.3, 0.4) is 0 Å². The Labute approximate surface area is 116 Å². The zero-order chi connectivity index (χ0) is 13.9. The molecule has 2 aromatic heterocycles. The minimum atomic E-state index is -0.143. The van der Waals surface area contributed by atoms with Gasteiger partial charge in [0.05, 0.1) is 11.9 Å². The van der Waals surface area contributed by atoms with E-state index in [1.807, 2.05) is 11.0 Å². The van der Waals surface area contributed by atoms with E-state index in [9.17, 15) is 4.79 Å². The number of hydrogen-bond donors (Lipinski definition) is 2. The van der Waals surface area contributed by atoms with Crippen LogP contribution in [0.15, 0.2) is 35.5 Å². The molecule has 1 aliphatic rings. The normalized spacial score (nSPS) is 15.4. The molecule has 2 aromatic rings. The van der Waals surface area contributed by atoms with Gasteiger partial charge in [-0.2, -0.15) is 0 Å². The van der Waals surface area contributed by atoms with Crippen LogP contribution in [-0.2, 0) is 0 Å². The second-order valence-corrected chi connectivity index (χ2v) is 4.66. The van der Waals surface area contributed by atoms with Crippen LogP contribution < -0.4 is 21.1 Å². The Bertz CT molecular complexity index is 630. The molecular formula is C13H16N6O. The fourth-order valence-corrected chi connectivity index (χ4v) is 2.33. The minimum Gasteiger partial charge on any atom is -0.384 e. The molecule has 104 valence electrons. The number of nitrogens with two attached hydrogens (primary N) is 1. The standard InChI is InChI=1S/C13H16N6O/c14-11-2-1-10(9-17-11)18-5-7-19(8-6-18)12-13(20)16-4-3-15-12/h1-4,9H,5-8H2,(H2,14,17)(H,16,20). The van der Waals surface area contributed by atoms with E-state index in [-0.39, 0.29) is 5.56 Å². The predicted octanol–water partition coefficient (Wildman–Crippen LogP) is 0.0737. The first-order valence-electron chi connectivity index (χ1n) is 6.49. The summed E-state index contributed by atoms with van der Waals surface area (Å²) in [4.78, 5) is 26.8. The average Bonchev–Trinajstić information content (AvgIpc) is 2.49. The first-order valence-corrected chi connectivity index (χ1v) is 6.49. The molecule has 0 aliphatic carbocycles. The highest BCUT2D eigenvalue weighted by molar-refractivity contribution is 5.50. The van der Waals surface area contributed by atoms with Gasteiger partial charge in [-0.15, -0.1) is 0 Å². The molecule has 0 unspecified atom stereocenters. The number of hydrogen-bond acceptors (Lipinski definition) is 6. The number of anilines is 3. The van der Waals surface area contributed by atoms with Gasteiger partial charge in [-0.3, -0.25) is 4.79 Å². The Morgan fingerprint density at radius 3 is 2.50 bits per heavy atom. The average molecular weight is 272 g/mol. The number of aromatic nitrogens is 3. The van der Waals surface area contributed by atoms with Gasteiger partial charge in [-0.1, -0.05) is 0 Å². The highest BCUT2D eigenvalue weighted by Gasteiger charge is 2.20. The Morgan fingerprint density at radius 2 is 1.85 bits per heavy atom. The van der Waals surface area contributed by atoms with E-state index in [4.69, 9.17) is 5.73 Å². The molecule has 1 saturated heterocycles. The second-order valence-electron chi connectivity index (χ2n) is 4.66. The number of pyridine rings is 1. The first kappa shape index (κ1) is 12.5. The van der Waals surface area contributed by atoms with Crippen molar-refractivity contribution in [3.05, 3.63) is 41.1 Å². The summed E-state index contributed by atoms with van der Waals surface area (Å²) in [6.45, 7) is 3.15. The fraction of sp³-hybridized carbons (Fsp3) is 0.308. The molecule has 0 atom stereocenters. The van der Waals surface area contributed by atoms with Gasteiger partial charge < -0.3 is 20.5 Å². The highest BCUT2D eigenvalue weighted by atomic mass is 16.1. The lowest BCUT2D eigenvalue weighted by Gasteiger charge is -2.36. The van der Waals surface area contributed by atoms with E-state index in [0.717, 1.165) is 31.9 Å². The van der Waals surface area contributed by atoms with E-state index in [2.05, 4.69) is 19.9 Å². The lowest BCUT2D eigenvalue weighted by Crippen LogP contribution is -2.48. The van der Waals surface area contributed by atoms with Crippen molar-refractivity contribution < 1.29 is 0 Å². The van der Waals surface area contributed by atoms with Crippen molar-refractivity contribution in [2.75, 3.05) is 41.7 Å². The Balaban J connectivity index is 1.69. The Hall–Kier alpha value is -2.57. The van der Waals surface area contributed by atoms with Gasteiger partial charge in [0.2, 0.25) is 0 Å². The van der Waals surface area contributed by atoms with Gasteiger partial charge in [0.1, 0.15) is 5.82 Å². The maximum atomic E-state index is 11.7. The molecular weight excluding hydrogens is 256 g/mol. The topological polar surface area (TPSA) is 91.1 Å². The molecule has 0 amide bonds. The van der Waals surface area contributed by atoms with Gasteiger partial charge in [0.25, 0.3) is 5.56 Å². The van der Waals surface area contributed by atoms with Crippen molar-refractivity contribution in [2.45, 2.75) is 0 Å². The SMILES string of the molecule is Nc1ccc(N2CCN(c3ncc[nH]c3=O)CC2)cn1. The Morgan fingerprint density at radius 1 is 1.10 bits per heavy atom. The van der Waals surface area contributed by atoms with Crippen molar-refractivity contribution in [2.24, 2.45) is 0 Å². The molecule has 20 heavy (non-hydrogen) atoms. The molecule has 3 N–H and O–H groups in total. The van der Waals surface area contributed by atoms with Crippen LogP contribution in [0.5, 0.6) is 0 Å². The van der Waals surface area contributed by atoms with Crippen LogP contribution in [0.4, 0.5) is 17.3 Å². The molecule has 0 spiro atoms. The maximum Gasteiger partial charge on any atom is 0.290 e. The molecule has 0 radical (unpaired) electrons. The van der Waals surface area contributed by atoms with Crippen LogP contribution in [0.1, 0.15) is 0 Å². The second kappa shape index (κ2) is 5.20.